The molecule has 6 nitrogen and oxygen atoms in total. The Hall–Kier alpha value is -2.76. The molecule has 0 radical (unpaired) electrons. The quantitative estimate of drug-likeness (QED) is 0.149. The van der Waals surface area contributed by atoms with Crippen LogP contribution in [-0.4, -0.2) is 36.3 Å². The maximum atomic E-state index is 5.79. The van der Waals surface area contributed by atoms with E-state index in [1.807, 2.05) is 32.2 Å². The summed E-state index contributed by atoms with van der Waals surface area (Å²) in [6.45, 7) is 7.72. The van der Waals surface area contributed by atoms with Crippen LogP contribution in [0, 0.1) is 13.8 Å². The van der Waals surface area contributed by atoms with E-state index in [0.717, 1.165) is 24.3 Å². The van der Waals surface area contributed by atoms with E-state index in [2.05, 4.69) is 36.2 Å². The summed E-state index contributed by atoms with van der Waals surface area (Å²) in [7, 11) is 3.38. The molecule has 1 aromatic carbocycles. The minimum atomic E-state index is 0.631. The van der Waals surface area contributed by atoms with E-state index in [1.54, 1.807) is 10.9 Å². The average molecular weight is 442 g/mol. The van der Waals surface area contributed by atoms with Crippen LogP contribution >= 0.6 is 0 Å². The van der Waals surface area contributed by atoms with Gasteiger partial charge in [0.1, 0.15) is 19.5 Å². The highest BCUT2D eigenvalue weighted by Gasteiger charge is 2.07. The first kappa shape index (κ1) is 25.5. The first-order chi connectivity index (χ1) is 15.5. The molecule has 0 aliphatic carbocycles. The highest BCUT2D eigenvalue weighted by molar-refractivity contribution is 5.77. The number of nitrogens with zero attached hydrogens (tertiary/aromatic N) is 3. The third-order valence-electron chi connectivity index (χ3n) is 5.51. The fraction of sp³-hybridized carbons (Fsp3) is 0.538. The van der Waals surface area contributed by atoms with Crippen molar-refractivity contribution in [2.45, 2.75) is 65.7 Å². The van der Waals surface area contributed by atoms with Crippen molar-refractivity contribution in [2.75, 3.05) is 20.3 Å². The Morgan fingerprint density at radius 1 is 0.969 bits per heavy atom. The van der Waals surface area contributed by atoms with Gasteiger partial charge in [0, 0.05) is 13.1 Å². The summed E-state index contributed by atoms with van der Waals surface area (Å²) < 4.78 is 13.3. The van der Waals surface area contributed by atoms with E-state index in [0.29, 0.717) is 19.1 Å². The molecule has 0 amide bonds. The summed E-state index contributed by atoms with van der Waals surface area (Å²) in [5.41, 5.74) is 5.00. The molecule has 6 heteroatoms. The first-order valence-electron chi connectivity index (χ1n) is 11.6. The molecular formula is C26H39N3O3. The number of aromatic nitrogens is 2. The molecule has 2 aromatic rings. The lowest BCUT2D eigenvalue weighted by Gasteiger charge is -2.13. The maximum absolute atomic E-state index is 5.79. The third kappa shape index (κ3) is 8.77. The number of rotatable bonds is 15. The standard InChI is InChI=1S/C26H39N3O3/c1-6-7-15-31-24-17-21(2)25(22(3)18-24)14-12-10-8-9-11-13-16-32-26-19-23(20-27-30-5)29(4)28-26/h6-7,17-20H,8-16H2,1-5H3/b7-6+,27-20?. The van der Waals surface area contributed by atoms with Crippen LogP contribution in [0.1, 0.15) is 67.8 Å². The van der Waals surface area contributed by atoms with Gasteiger partial charge in [0.25, 0.3) is 0 Å². The molecule has 176 valence electrons. The number of ether oxygens (including phenoxy) is 2. The molecule has 0 spiro atoms. The number of hydrogen-bond acceptors (Lipinski definition) is 5. The summed E-state index contributed by atoms with van der Waals surface area (Å²) in [6.07, 6.45) is 14.0. The van der Waals surface area contributed by atoms with Gasteiger partial charge in [0.05, 0.1) is 18.5 Å². The van der Waals surface area contributed by atoms with E-state index in [4.69, 9.17) is 14.3 Å². The van der Waals surface area contributed by atoms with Gasteiger partial charge in [-0.3, -0.25) is 4.68 Å². The zero-order valence-corrected chi connectivity index (χ0v) is 20.4. The first-order valence-corrected chi connectivity index (χ1v) is 11.6. The van der Waals surface area contributed by atoms with Gasteiger partial charge in [0.15, 0.2) is 0 Å². The minimum absolute atomic E-state index is 0.631. The third-order valence-corrected chi connectivity index (χ3v) is 5.51. The van der Waals surface area contributed by atoms with Crippen molar-refractivity contribution >= 4 is 6.21 Å². The molecule has 0 N–H and O–H groups in total. The van der Waals surface area contributed by atoms with Crippen molar-refractivity contribution < 1.29 is 14.3 Å². The van der Waals surface area contributed by atoms with Gasteiger partial charge in [0.2, 0.25) is 5.88 Å². The van der Waals surface area contributed by atoms with Crippen LogP contribution in [0.2, 0.25) is 0 Å². The number of allylic oxidation sites excluding steroid dienone is 1. The molecule has 0 fully saturated rings. The predicted octanol–water partition coefficient (Wildman–Crippen LogP) is 5.93. The molecule has 0 saturated heterocycles. The molecule has 1 heterocycles. The molecule has 0 unspecified atom stereocenters. The lowest BCUT2D eigenvalue weighted by Crippen LogP contribution is -2.00. The Bertz CT molecular complexity index is 848. The Kier molecular flexibility index (Phi) is 11.4. The van der Waals surface area contributed by atoms with Crippen LogP contribution in [0.15, 0.2) is 35.5 Å². The number of benzene rings is 1. The Morgan fingerprint density at radius 3 is 2.34 bits per heavy atom. The summed E-state index contributed by atoms with van der Waals surface area (Å²) in [5, 5.41) is 8.08. The van der Waals surface area contributed by atoms with Gasteiger partial charge in [-0.25, -0.2) is 0 Å². The maximum Gasteiger partial charge on any atom is 0.233 e. The van der Waals surface area contributed by atoms with Gasteiger partial charge in [-0.15, -0.1) is 5.10 Å². The number of unbranched alkanes of at least 4 members (excludes halogenated alkanes) is 5. The SMILES string of the molecule is C/C=C/COc1cc(C)c(CCCCCCCCOc2cc(C=NOC)n(C)n2)c(C)c1. The van der Waals surface area contributed by atoms with Crippen LogP contribution in [0.5, 0.6) is 11.6 Å². The van der Waals surface area contributed by atoms with Crippen molar-refractivity contribution in [3.63, 3.8) is 0 Å². The highest BCUT2D eigenvalue weighted by Crippen LogP contribution is 2.24. The van der Waals surface area contributed by atoms with Gasteiger partial charge in [-0.2, -0.15) is 0 Å². The molecule has 0 aliphatic heterocycles. The number of hydrogen-bond donors (Lipinski definition) is 0. The zero-order valence-electron chi connectivity index (χ0n) is 20.4. The fourth-order valence-electron chi connectivity index (χ4n) is 3.71. The molecule has 0 bridgehead atoms. The van der Waals surface area contributed by atoms with Crippen molar-refractivity contribution in [2.24, 2.45) is 12.2 Å². The molecular weight excluding hydrogens is 402 g/mol. The Morgan fingerprint density at radius 2 is 1.66 bits per heavy atom. The normalized spacial score (nSPS) is 11.5. The van der Waals surface area contributed by atoms with Crippen LogP contribution in [0.4, 0.5) is 0 Å². The zero-order chi connectivity index (χ0) is 23.2. The number of oxime groups is 1. The molecule has 0 saturated carbocycles. The second kappa shape index (κ2) is 14.3. The fourth-order valence-corrected chi connectivity index (χ4v) is 3.71. The van der Waals surface area contributed by atoms with E-state index in [1.165, 1.54) is 55.9 Å². The Labute approximate surface area is 193 Å². The molecule has 2 rings (SSSR count). The van der Waals surface area contributed by atoms with Crippen molar-refractivity contribution in [1.29, 1.82) is 0 Å². The Balaban J connectivity index is 1.58. The number of aryl methyl sites for hydroxylation is 3. The van der Waals surface area contributed by atoms with Crippen molar-refractivity contribution in [3.05, 3.63) is 52.7 Å². The van der Waals surface area contributed by atoms with Gasteiger partial charge in [-0.1, -0.05) is 43.0 Å². The van der Waals surface area contributed by atoms with Gasteiger partial charge < -0.3 is 14.3 Å². The molecule has 0 aliphatic rings. The molecule has 0 atom stereocenters. The summed E-state index contributed by atoms with van der Waals surface area (Å²) in [4.78, 5) is 4.70. The van der Waals surface area contributed by atoms with Crippen LogP contribution < -0.4 is 9.47 Å². The largest absolute Gasteiger partial charge is 0.490 e. The van der Waals surface area contributed by atoms with E-state index in [-0.39, 0.29) is 0 Å². The van der Waals surface area contributed by atoms with Crippen molar-refractivity contribution in [3.8, 4) is 11.6 Å². The van der Waals surface area contributed by atoms with Crippen LogP contribution in [-0.2, 0) is 18.3 Å². The van der Waals surface area contributed by atoms with E-state index < -0.39 is 0 Å². The van der Waals surface area contributed by atoms with Crippen molar-refractivity contribution in [1.82, 2.24) is 9.78 Å². The van der Waals surface area contributed by atoms with E-state index in [9.17, 15) is 0 Å². The topological polar surface area (TPSA) is 57.9 Å². The summed E-state index contributed by atoms with van der Waals surface area (Å²) in [5.74, 6) is 1.60. The minimum Gasteiger partial charge on any atom is -0.490 e. The summed E-state index contributed by atoms with van der Waals surface area (Å²) in [6, 6.07) is 6.20. The molecule has 32 heavy (non-hydrogen) atoms. The summed E-state index contributed by atoms with van der Waals surface area (Å²) >= 11 is 0. The van der Waals surface area contributed by atoms with Gasteiger partial charge in [-0.05, 0) is 68.9 Å². The van der Waals surface area contributed by atoms with E-state index >= 15 is 0 Å². The second-order valence-corrected chi connectivity index (χ2v) is 8.08. The van der Waals surface area contributed by atoms with Crippen LogP contribution in [0.3, 0.4) is 0 Å². The highest BCUT2D eigenvalue weighted by atomic mass is 16.6. The van der Waals surface area contributed by atoms with Gasteiger partial charge >= 0.3 is 0 Å². The smallest absolute Gasteiger partial charge is 0.233 e. The monoisotopic (exact) mass is 441 g/mol. The second-order valence-electron chi connectivity index (χ2n) is 8.08. The molecule has 1 aromatic heterocycles. The predicted molar refractivity (Wildman–Crippen MR) is 131 cm³/mol. The van der Waals surface area contributed by atoms with Crippen LogP contribution in [0.25, 0.3) is 0 Å². The average Bonchev–Trinajstić information content (AvgIpc) is 3.12. The lowest BCUT2D eigenvalue weighted by molar-refractivity contribution is 0.215. The lowest BCUT2D eigenvalue weighted by atomic mass is 9.96.